The van der Waals surface area contributed by atoms with E-state index in [0.29, 0.717) is 36.0 Å². The second kappa shape index (κ2) is 9.50. The first kappa shape index (κ1) is 22.5. The molecular formula is C25H30FN5O3. The van der Waals surface area contributed by atoms with Crippen LogP contribution in [-0.4, -0.2) is 62.2 Å². The largest absolute Gasteiger partial charge is 0.493 e. The Hall–Kier alpha value is -3.33. The summed E-state index contributed by atoms with van der Waals surface area (Å²) >= 11 is 0. The van der Waals surface area contributed by atoms with E-state index in [9.17, 15) is 9.18 Å². The van der Waals surface area contributed by atoms with Gasteiger partial charge in [0.05, 0.1) is 25.9 Å². The van der Waals surface area contributed by atoms with Crippen molar-refractivity contribution >= 4 is 17.6 Å². The van der Waals surface area contributed by atoms with E-state index in [1.54, 1.807) is 31.4 Å². The van der Waals surface area contributed by atoms with Crippen molar-refractivity contribution in [2.75, 3.05) is 40.4 Å². The van der Waals surface area contributed by atoms with Crippen LogP contribution < -0.4 is 20.2 Å². The summed E-state index contributed by atoms with van der Waals surface area (Å²) in [6.07, 6.45) is 3.11. The molecule has 3 aliphatic rings. The van der Waals surface area contributed by atoms with Gasteiger partial charge in [-0.2, -0.15) is 0 Å². The summed E-state index contributed by atoms with van der Waals surface area (Å²) in [7, 11) is 3.21. The average Bonchev–Trinajstić information content (AvgIpc) is 3.55. The minimum absolute atomic E-state index is 0.0839. The van der Waals surface area contributed by atoms with Gasteiger partial charge in [-0.3, -0.25) is 5.43 Å². The maximum atomic E-state index is 13.8. The molecule has 2 N–H and O–H groups in total. The molecule has 180 valence electrons. The number of carbonyl (C=O) groups is 1. The molecule has 2 atom stereocenters. The van der Waals surface area contributed by atoms with Crippen LogP contribution in [0.5, 0.6) is 11.5 Å². The van der Waals surface area contributed by atoms with E-state index >= 15 is 0 Å². The third kappa shape index (κ3) is 4.27. The predicted octanol–water partition coefficient (Wildman–Crippen LogP) is 3.41. The topological polar surface area (TPSA) is 78.4 Å². The van der Waals surface area contributed by atoms with Crippen molar-refractivity contribution in [3.05, 3.63) is 53.3 Å². The van der Waals surface area contributed by atoms with E-state index in [4.69, 9.17) is 9.47 Å². The summed E-state index contributed by atoms with van der Waals surface area (Å²) in [6, 6.07) is 9.60. The van der Waals surface area contributed by atoms with Gasteiger partial charge in [-0.05, 0) is 73.8 Å². The van der Waals surface area contributed by atoms with E-state index in [-0.39, 0.29) is 23.8 Å². The van der Waals surface area contributed by atoms with Crippen LogP contribution >= 0.6 is 0 Å². The number of hydrazine groups is 1. The summed E-state index contributed by atoms with van der Waals surface area (Å²) in [5.74, 6) is 1.47. The molecule has 2 aliphatic heterocycles. The molecule has 34 heavy (non-hydrogen) atoms. The van der Waals surface area contributed by atoms with Gasteiger partial charge in [0, 0.05) is 19.0 Å². The molecule has 2 heterocycles. The molecule has 2 amide bonds. The third-order valence-electron chi connectivity index (χ3n) is 6.83. The smallest absolute Gasteiger partial charge is 0.336 e. The first-order valence-electron chi connectivity index (χ1n) is 11.7. The second-order valence-corrected chi connectivity index (χ2v) is 8.90. The van der Waals surface area contributed by atoms with Crippen LogP contribution in [0.4, 0.5) is 14.9 Å². The molecule has 9 heteroatoms. The number of nitrogens with one attached hydrogen (secondary N) is 2. The molecule has 8 nitrogen and oxygen atoms in total. The number of benzene rings is 2. The molecule has 2 saturated heterocycles. The Labute approximate surface area is 198 Å². The Morgan fingerprint density at radius 1 is 1.18 bits per heavy atom. The number of rotatable bonds is 6. The number of carbonyl (C=O) groups excluding carboxylic acids is 1. The van der Waals surface area contributed by atoms with E-state index in [2.05, 4.69) is 20.6 Å². The lowest BCUT2D eigenvalue weighted by Crippen LogP contribution is -2.47. The van der Waals surface area contributed by atoms with Crippen LogP contribution in [0.1, 0.15) is 30.0 Å². The summed E-state index contributed by atoms with van der Waals surface area (Å²) in [5, 5.41) is 4.67. The van der Waals surface area contributed by atoms with Crippen molar-refractivity contribution in [2.24, 2.45) is 10.9 Å². The summed E-state index contributed by atoms with van der Waals surface area (Å²) < 4.78 is 24.8. The lowest BCUT2D eigenvalue weighted by molar-refractivity contribution is 0.167. The Balaban J connectivity index is 1.43. The number of methoxy groups -OCH3 is 2. The molecule has 2 aromatic rings. The number of fused-ring (bicyclic) bond motifs is 3. The number of hydrogen-bond donors (Lipinski definition) is 2. The number of amidine groups is 1. The van der Waals surface area contributed by atoms with Gasteiger partial charge in [-0.25, -0.2) is 19.2 Å². The van der Waals surface area contributed by atoms with Gasteiger partial charge in [-0.15, -0.1) is 0 Å². The quantitative estimate of drug-likeness (QED) is 0.681. The van der Waals surface area contributed by atoms with Gasteiger partial charge in [0.25, 0.3) is 0 Å². The van der Waals surface area contributed by atoms with Gasteiger partial charge < -0.3 is 19.7 Å². The highest BCUT2D eigenvalue weighted by Gasteiger charge is 2.48. The maximum Gasteiger partial charge on any atom is 0.336 e. The molecular weight excluding hydrogens is 437 g/mol. The number of nitrogens with zero attached hydrogens (tertiary/aromatic N) is 3. The van der Waals surface area contributed by atoms with E-state index in [1.807, 2.05) is 12.1 Å². The Bertz CT molecular complexity index is 1100. The zero-order valence-electron chi connectivity index (χ0n) is 19.5. The number of halogens is 1. The van der Waals surface area contributed by atoms with Crippen molar-refractivity contribution in [3.63, 3.8) is 0 Å². The number of hydrogen-bond acceptors (Lipinski definition) is 5. The van der Waals surface area contributed by atoms with Crippen LogP contribution in [0.15, 0.2) is 41.4 Å². The molecule has 2 unspecified atom stereocenters. The molecule has 0 aromatic heterocycles. The predicted molar refractivity (Wildman–Crippen MR) is 127 cm³/mol. The molecule has 5 rings (SSSR count). The Kier molecular flexibility index (Phi) is 6.28. The van der Waals surface area contributed by atoms with Crippen LogP contribution in [0.25, 0.3) is 0 Å². The van der Waals surface area contributed by atoms with Crippen LogP contribution in [-0.2, 0) is 6.42 Å². The Morgan fingerprint density at radius 2 is 1.94 bits per heavy atom. The van der Waals surface area contributed by atoms with Gasteiger partial charge in [0.2, 0.25) is 0 Å². The lowest BCUT2D eigenvalue weighted by Gasteiger charge is -2.25. The SMILES string of the molecule is COc1cc2c(cc1OC)C1C(C2)C(=Nc2cccc(F)c2)NN1C(=O)NCCN1CCCC1. The number of amides is 2. The molecule has 0 radical (unpaired) electrons. The molecule has 0 spiro atoms. The number of urea groups is 1. The molecule has 0 saturated carbocycles. The van der Waals surface area contributed by atoms with Crippen molar-refractivity contribution in [3.8, 4) is 11.5 Å². The highest BCUT2D eigenvalue weighted by molar-refractivity contribution is 5.94. The van der Waals surface area contributed by atoms with Gasteiger partial charge in [-0.1, -0.05) is 6.07 Å². The fraction of sp³-hybridized carbons (Fsp3) is 0.440. The standard InChI is InChI=1S/C25H30FN5O3/c1-33-21-13-16-12-20-23(19(16)15-22(21)34-2)31(25(32)27-8-11-30-9-3-4-10-30)29-24(20)28-18-7-5-6-17(26)14-18/h5-7,13-15,20,23H,3-4,8-12H2,1-2H3,(H,27,32)(H,28,29). The minimum Gasteiger partial charge on any atom is -0.493 e. The summed E-state index contributed by atoms with van der Waals surface area (Å²) in [4.78, 5) is 20.3. The van der Waals surface area contributed by atoms with Gasteiger partial charge in [0.15, 0.2) is 11.5 Å². The van der Waals surface area contributed by atoms with Gasteiger partial charge >= 0.3 is 6.03 Å². The van der Waals surface area contributed by atoms with Crippen LogP contribution in [0.2, 0.25) is 0 Å². The van der Waals surface area contributed by atoms with Crippen LogP contribution in [0, 0.1) is 11.7 Å². The number of ether oxygens (including phenoxy) is 2. The first-order chi connectivity index (χ1) is 16.6. The number of likely N-dealkylation sites (tertiary alicyclic amines) is 1. The Morgan fingerprint density at radius 3 is 2.68 bits per heavy atom. The van der Waals surface area contributed by atoms with Crippen molar-refractivity contribution in [1.29, 1.82) is 0 Å². The van der Waals surface area contributed by atoms with Crippen molar-refractivity contribution in [1.82, 2.24) is 20.7 Å². The fourth-order valence-corrected chi connectivity index (χ4v) is 5.18. The van der Waals surface area contributed by atoms with E-state index in [0.717, 1.165) is 30.8 Å². The maximum absolute atomic E-state index is 13.8. The second-order valence-electron chi connectivity index (χ2n) is 8.90. The van der Waals surface area contributed by atoms with Crippen LogP contribution in [0.3, 0.4) is 0 Å². The van der Waals surface area contributed by atoms with Gasteiger partial charge in [0.1, 0.15) is 11.7 Å². The normalized spacial score (nSPS) is 22.4. The fourth-order valence-electron chi connectivity index (χ4n) is 5.18. The third-order valence-corrected chi connectivity index (χ3v) is 6.83. The van der Waals surface area contributed by atoms with E-state index in [1.165, 1.54) is 25.0 Å². The van der Waals surface area contributed by atoms with E-state index < -0.39 is 0 Å². The monoisotopic (exact) mass is 467 g/mol. The highest BCUT2D eigenvalue weighted by Crippen LogP contribution is 2.47. The average molecular weight is 468 g/mol. The first-order valence-corrected chi connectivity index (χ1v) is 11.7. The lowest BCUT2D eigenvalue weighted by atomic mass is 10.0. The minimum atomic E-state index is -0.350. The molecule has 0 bridgehead atoms. The molecule has 2 fully saturated rings. The summed E-state index contributed by atoms with van der Waals surface area (Å²) in [5.41, 5.74) is 5.79. The number of aliphatic imine (C=N–C) groups is 1. The zero-order chi connectivity index (χ0) is 23.7. The zero-order valence-corrected chi connectivity index (χ0v) is 19.5. The van der Waals surface area contributed by atoms with Crippen molar-refractivity contribution < 1.29 is 18.7 Å². The molecule has 2 aromatic carbocycles. The highest BCUT2D eigenvalue weighted by atomic mass is 19.1. The summed E-state index contributed by atoms with van der Waals surface area (Å²) in [6.45, 7) is 3.58. The molecule has 1 aliphatic carbocycles. The van der Waals surface area contributed by atoms with Crippen molar-refractivity contribution in [2.45, 2.75) is 25.3 Å².